The van der Waals surface area contributed by atoms with Crippen molar-refractivity contribution in [2.24, 2.45) is 17.3 Å². The monoisotopic (exact) mass is 328 g/mol. The highest BCUT2D eigenvalue weighted by Crippen LogP contribution is 2.55. The zero-order chi connectivity index (χ0) is 17.2. The summed E-state index contributed by atoms with van der Waals surface area (Å²) < 4.78 is 16.9. The summed E-state index contributed by atoms with van der Waals surface area (Å²) in [5.41, 5.74) is -0.289. The molecular weight excluding hydrogens is 296 g/mol. The number of rotatable bonds is 7. The fourth-order valence-electron chi connectivity index (χ4n) is 3.44. The van der Waals surface area contributed by atoms with Gasteiger partial charge in [-0.2, -0.15) is 0 Å². The third-order valence-electron chi connectivity index (χ3n) is 5.41. The maximum Gasteiger partial charge on any atom is 0.312 e. The van der Waals surface area contributed by atoms with Crippen LogP contribution in [0.1, 0.15) is 60.3 Å². The van der Waals surface area contributed by atoms with Crippen LogP contribution in [0.15, 0.2) is 0 Å². The molecule has 23 heavy (non-hydrogen) atoms. The van der Waals surface area contributed by atoms with E-state index < -0.39 is 6.10 Å². The predicted octanol–water partition coefficient (Wildman–Crippen LogP) is 2.89. The normalized spacial score (nSPS) is 41.4. The van der Waals surface area contributed by atoms with Crippen molar-refractivity contribution in [1.82, 2.24) is 0 Å². The van der Waals surface area contributed by atoms with Crippen molar-refractivity contribution in [2.45, 2.75) is 84.9 Å². The molecule has 2 aliphatic rings. The van der Waals surface area contributed by atoms with Gasteiger partial charge in [0.15, 0.2) is 6.29 Å². The van der Waals surface area contributed by atoms with Crippen LogP contribution in [0.3, 0.4) is 0 Å². The van der Waals surface area contributed by atoms with Crippen LogP contribution >= 0.6 is 0 Å². The first-order valence-electron chi connectivity index (χ1n) is 8.94. The minimum atomic E-state index is -0.406. The smallest absolute Gasteiger partial charge is 0.312 e. The van der Waals surface area contributed by atoms with Crippen molar-refractivity contribution in [3.05, 3.63) is 0 Å². The highest BCUT2D eigenvalue weighted by Gasteiger charge is 2.56. The van der Waals surface area contributed by atoms with E-state index in [1.165, 1.54) is 0 Å². The molecule has 134 valence electrons. The standard InChI is InChI=1S/C18H32O5/c1-6-21-17(20)18(5)10-14(18)8-7-12(3)22-16-11(2)9-15(19)13(4)23-16/h11-16,19H,6-10H2,1-5H3/t11-,12-,13+,14-,15-,16-,18+/m1/s1. The van der Waals surface area contributed by atoms with E-state index in [-0.39, 0.29) is 35.8 Å². The van der Waals surface area contributed by atoms with Gasteiger partial charge >= 0.3 is 5.97 Å². The number of carbonyl (C=O) groups excluding carboxylic acids is 1. The van der Waals surface area contributed by atoms with Crippen LogP contribution in [-0.4, -0.2) is 42.3 Å². The summed E-state index contributed by atoms with van der Waals surface area (Å²) in [7, 11) is 0. The third-order valence-corrected chi connectivity index (χ3v) is 5.41. The van der Waals surface area contributed by atoms with E-state index in [0.717, 1.165) is 19.3 Å². The van der Waals surface area contributed by atoms with Gasteiger partial charge in [0.05, 0.1) is 30.3 Å². The van der Waals surface area contributed by atoms with E-state index in [9.17, 15) is 9.90 Å². The Morgan fingerprint density at radius 1 is 1.43 bits per heavy atom. The summed E-state index contributed by atoms with van der Waals surface area (Å²) in [5.74, 6) is 0.526. The molecule has 0 aromatic carbocycles. The molecule has 2 fully saturated rings. The van der Waals surface area contributed by atoms with Gasteiger partial charge in [-0.1, -0.05) is 6.92 Å². The zero-order valence-corrected chi connectivity index (χ0v) is 15.1. The Balaban J connectivity index is 1.72. The topological polar surface area (TPSA) is 65.0 Å². The molecule has 1 aliphatic carbocycles. The molecule has 1 saturated heterocycles. The molecule has 2 rings (SSSR count). The minimum Gasteiger partial charge on any atom is -0.466 e. The highest BCUT2D eigenvalue weighted by atomic mass is 16.7. The molecule has 0 bridgehead atoms. The number of ether oxygens (including phenoxy) is 3. The lowest BCUT2D eigenvalue weighted by Gasteiger charge is -2.37. The van der Waals surface area contributed by atoms with Crippen LogP contribution in [-0.2, 0) is 19.0 Å². The summed E-state index contributed by atoms with van der Waals surface area (Å²) in [6, 6.07) is 0. The number of hydrogen-bond donors (Lipinski definition) is 1. The summed E-state index contributed by atoms with van der Waals surface area (Å²) in [6.45, 7) is 10.3. The van der Waals surface area contributed by atoms with Crippen LogP contribution in [0, 0.1) is 17.3 Å². The average Bonchev–Trinajstić information content (AvgIpc) is 3.15. The van der Waals surface area contributed by atoms with Crippen LogP contribution in [0.5, 0.6) is 0 Å². The number of aliphatic hydroxyl groups excluding tert-OH is 1. The second-order valence-electron chi connectivity index (χ2n) is 7.55. The van der Waals surface area contributed by atoms with Gasteiger partial charge in [0.1, 0.15) is 0 Å². The molecule has 0 radical (unpaired) electrons. The zero-order valence-electron chi connectivity index (χ0n) is 15.1. The van der Waals surface area contributed by atoms with Crippen molar-refractivity contribution in [3.63, 3.8) is 0 Å². The Bertz CT molecular complexity index is 412. The van der Waals surface area contributed by atoms with Crippen LogP contribution in [0.25, 0.3) is 0 Å². The molecule has 0 amide bonds. The van der Waals surface area contributed by atoms with Gasteiger partial charge in [0.25, 0.3) is 0 Å². The van der Waals surface area contributed by atoms with E-state index in [4.69, 9.17) is 14.2 Å². The van der Waals surface area contributed by atoms with E-state index in [0.29, 0.717) is 18.9 Å². The number of esters is 1. The number of hydrogen-bond acceptors (Lipinski definition) is 5. The van der Waals surface area contributed by atoms with Gasteiger partial charge in [-0.25, -0.2) is 0 Å². The van der Waals surface area contributed by atoms with Crippen LogP contribution in [0.2, 0.25) is 0 Å². The van der Waals surface area contributed by atoms with Crippen molar-refractivity contribution in [3.8, 4) is 0 Å². The maximum absolute atomic E-state index is 11.9. The quantitative estimate of drug-likeness (QED) is 0.728. The molecule has 5 nitrogen and oxygen atoms in total. The molecule has 0 aromatic rings. The maximum atomic E-state index is 11.9. The fourth-order valence-corrected chi connectivity index (χ4v) is 3.44. The SMILES string of the molecule is CCOC(=O)[C@@]1(C)C[C@H]1CC[C@@H](C)O[C@@H]1O[C@@H](C)[C@H](O)C[C@H]1C. The van der Waals surface area contributed by atoms with E-state index >= 15 is 0 Å². The molecule has 1 saturated carbocycles. The third kappa shape index (κ3) is 4.46. The highest BCUT2D eigenvalue weighted by molar-refractivity contribution is 5.80. The second kappa shape index (κ2) is 7.49. The Morgan fingerprint density at radius 2 is 2.13 bits per heavy atom. The lowest BCUT2D eigenvalue weighted by molar-refractivity contribution is -0.255. The van der Waals surface area contributed by atoms with E-state index in [1.807, 2.05) is 27.7 Å². The number of carbonyl (C=O) groups is 1. The van der Waals surface area contributed by atoms with Crippen LogP contribution in [0.4, 0.5) is 0 Å². The minimum absolute atomic E-state index is 0.0642. The van der Waals surface area contributed by atoms with Gasteiger partial charge < -0.3 is 19.3 Å². The van der Waals surface area contributed by atoms with Gasteiger partial charge in [0, 0.05) is 5.92 Å². The number of aliphatic hydroxyl groups is 1. The first-order chi connectivity index (χ1) is 10.8. The van der Waals surface area contributed by atoms with Crippen molar-refractivity contribution >= 4 is 5.97 Å². The predicted molar refractivity (Wildman–Crippen MR) is 86.8 cm³/mol. The summed E-state index contributed by atoms with van der Waals surface area (Å²) in [6.07, 6.45) is 2.74. The molecular formula is C18H32O5. The second-order valence-corrected chi connectivity index (χ2v) is 7.55. The molecule has 5 heteroatoms. The first-order valence-corrected chi connectivity index (χ1v) is 8.94. The van der Waals surface area contributed by atoms with Gasteiger partial charge in [-0.3, -0.25) is 4.79 Å². The molecule has 0 spiro atoms. The lowest BCUT2D eigenvalue weighted by atomic mass is 9.96. The Morgan fingerprint density at radius 3 is 2.78 bits per heavy atom. The molecule has 1 heterocycles. The Kier molecular flexibility index (Phi) is 6.09. The molecule has 0 aromatic heterocycles. The lowest BCUT2D eigenvalue weighted by Crippen LogP contribution is -2.44. The molecule has 7 atom stereocenters. The van der Waals surface area contributed by atoms with Crippen molar-refractivity contribution < 1.29 is 24.1 Å². The summed E-state index contributed by atoms with van der Waals surface area (Å²) in [4.78, 5) is 11.9. The van der Waals surface area contributed by atoms with Crippen molar-refractivity contribution in [2.75, 3.05) is 6.61 Å². The molecule has 0 unspecified atom stereocenters. The van der Waals surface area contributed by atoms with E-state index in [2.05, 4.69) is 6.92 Å². The fraction of sp³-hybridized carbons (Fsp3) is 0.944. The van der Waals surface area contributed by atoms with Gasteiger partial charge in [-0.05, 0) is 59.3 Å². The van der Waals surface area contributed by atoms with Crippen LogP contribution < -0.4 is 0 Å². The average molecular weight is 328 g/mol. The molecule has 1 aliphatic heterocycles. The van der Waals surface area contributed by atoms with E-state index in [1.54, 1.807) is 0 Å². The van der Waals surface area contributed by atoms with Gasteiger partial charge in [-0.15, -0.1) is 0 Å². The summed E-state index contributed by atoms with van der Waals surface area (Å²) in [5, 5.41) is 9.81. The van der Waals surface area contributed by atoms with Crippen molar-refractivity contribution in [1.29, 1.82) is 0 Å². The first kappa shape index (κ1) is 18.7. The Hall–Kier alpha value is -0.650. The van der Waals surface area contributed by atoms with Gasteiger partial charge in [0.2, 0.25) is 0 Å². The summed E-state index contributed by atoms with van der Waals surface area (Å²) >= 11 is 0. The largest absolute Gasteiger partial charge is 0.466 e. The molecule has 1 N–H and O–H groups in total. The Labute approximate surface area is 139 Å².